The summed E-state index contributed by atoms with van der Waals surface area (Å²) in [6.07, 6.45) is 0. The van der Waals surface area contributed by atoms with Crippen molar-refractivity contribution in [1.29, 1.82) is 0 Å². The second kappa shape index (κ2) is 8.86. The van der Waals surface area contributed by atoms with Crippen LogP contribution in [0.4, 0.5) is 5.69 Å². The van der Waals surface area contributed by atoms with Crippen molar-refractivity contribution in [1.82, 2.24) is 10.2 Å². The first-order valence-electron chi connectivity index (χ1n) is 7.74. The van der Waals surface area contributed by atoms with Crippen LogP contribution < -0.4 is 15.4 Å². The number of ether oxygens (including phenoxy) is 2. The number of amides is 2. The lowest BCUT2D eigenvalue weighted by atomic mass is 10.2. The molecule has 0 unspecified atom stereocenters. The molecular formula is C16H22ClN3O4. The monoisotopic (exact) mass is 355 g/mol. The molecule has 2 N–H and O–H groups in total. The summed E-state index contributed by atoms with van der Waals surface area (Å²) in [5, 5.41) is 5.69. The molecule has 0 saturated carbocycles. The summed E-state index contributed by atoms with van der Waals surface area (Å²) >= 11 is 6.02. The van der Waals surface area contributed by atoms with E-state index < -0.39 is 11.8 Å². The number of hydrogen-bond donors (Lipinski definition) is 2. The molecule has 1 heterocycles. The van der Waals surface area contributed by atoms with E-state index in [0.717, 1.165) is 18.7 Å². The first-order valence-corrected chi connectivity index (χ1v) is 8.12. The number of nitrogens with zero attached hydrogens (tertiary/aromatic N) is 1. The minimum atomic E-state index is -0.739. The first-order chi connectivity index (χ1) is 11.5. The molecular weight excluding hydrogens is 334 g/mol. The fourth-order valence-electron chi connectivity index (χ4n) is 2.34. The second-order valence-corrected chi connectivity index (χ2v) is 5.87. The van der Waals surface area contributed by atoms with Gasteiger partial charge in [-0.1, -0.05) is 11.6 Å². The molecule has 1 fully saturated rings. The minimum Gasteiger partial charge on any atom is -0.495 e. The van der Waals surface area contributed by atoms with E-state index >= 15 is 0 Å². The number of halogens is 1. The van der Waals surface area contributed by atoms with Crippen LogP contribution in [0.5, 0.6) is 5.75 Å². The number of hydrogen-bond acceptors (Lipinski definition) is 5. The van der Waals surface area contributed by atoms with Crippen LogP contribution in [0.1, 0.15) is 5.56 Å². The van der Waals surface area contributed by atoms with Crippen LogP contribution in [-0.2, 0) is 14.3 Å². The fourth-order valence-corrected chi connectivity index (χ4v) is 2.50. The Labute approximate surface area is 146 Å². The Balaban J connectivity index is 1.85. The van der Waals surface area contributed by atoms with E-state index in [4.69, 9.17) is 21.1 Å². The van der Waals surface area contributed by atoms with Crippen LogP contribution in [0, 0.1) is 6.92 Å². The van der Waals surface area contributed by atoms with Crippen molar-refractivity contribution in [2.24, 2.45) is 0 Å². The summed E-state index contributed by atoms with van der Waals surface area (Å²) < 4.78 is 10.4. The number of carbonyl (C=O) groups excluding carboxylic acids is 2. The third-order valence-electron chi connectivity index (χ3n) is 3.75. The SMILES string of the molecule is COc1cc(Cl)c(C)cc1NC(=O)C(=O)NCCN1CCOCC1. The zero-order chi connectivity index (χ0) is 17.5. The quantitative estimate of drug-likeness (QED) is 0.772. The normalized spacial score (nSPS) is 15.0. The van der Waals surface area contributed by atoms with Crippen LogP contribution >= 0.6 is 11.6 Å². The lowest BCUT2D eigenvalue weighted by Crippen LogP contribution is -2.43. The van der Waals surface area contributed by atoms with Crippen molar-refractivity contribution in [3.05, 3.63) is 22.7 Å². The zero-order valence-corrected chi connectivity index (χ0v) is 14.6. The molecule has 1 aliphatic heterocycles. The molecule has 132 valence electrons. The van der Waals surface area contributed by atoms with Gasteiger partial charge in [-0.25, -0.2) is 0 Å². The molecule has 1 aromatic carbocycles. The van der Waals surface area contributed by atoms with Gasteiger partial charge in [0.25, 0.3) is 0 Å². The van der Waals surface area contributed by atoms with Gasteiger partial charge in [-0.3, -0.25) is 14.5 Å². The number of methoxy groups -OCH3 is 1. The smallest absolute Gasteiger partial charge is 0.313 e. The highest BCUT2D eigenvalue weighted by Crippen LogP contribution is 2.30. The summed E-state index contributed by atoms with van der Waals surface area (Å²) in [4.78, 5) is 26.1. The van der Waals surface area contributed by atoms with Gasteiger partial charge in [0.2, 0.25) is 0 Å². The van der Waals surface area contributed by atoms with Crippen molar-refractivity contribution in [2.45, 2.75) is 6.92 Å². The Hall–Kier alpha value is -1.83. The molecule has 24 heavy (non-hydrogen) atoms. The molecule has 8 heteroatoms. The van der Waals surface area contributed by atoms with Crippen LogP contribution in [0.25, 0.3) is 0 Å². The number of carbonyl (C=O) groups is 2. The summed E-state index contributed by atoms with van der Waals surface area (Å²) in [7, 11) is 1.47. The number of morpholine rings is 1. The van der Waals surface area contributed by atoms with E-state index in [1.165, 1.54) is 7.11 Å². The van der Waals surface area contributed by atoms with E-state index in [2.05, 4.69) is 15.5 Å². The Morgan fingerprint density at radius 2 is 2.00 bits per heavy atom. The highest BCUT2D eigenvalue weighted by Gasteiger charge is 2.17. The molecule has 7 nitrogen and oxygen atoms in total. The van der Waals surface area contributed by atoms with E-state index in [-0.39, 0.29) is 0 Å². The van der Waals surface area contributed by atoms with Gasteiger partial charge in [0.05, 0.1) is 26.0 Å². The van der Waals surface area contributed by atoms with Crippen molar-refractivity contribution in [3.63, 3.8) is 0 Å². The van der Waals surface area contributed by atoms with Gasteiger partial charge in [-0.15, -0.1) is 0 Å². The Morgan fingerprint density at radius 3 is 2.67 bits per heavy atom. The lowest BCUT2D eigenvalue weighted by Gasteiger charge is -2.26. The van der Waals surface area contributed by atoms with Gasteiger partial charge in [0.1, 0.15) is 5.75 Å². The number of rotatable bonds is 5. The van der Waals surface area contributed by atoms with E-state index in [1.807, 2.05) is 0 Å². The number of nitrogens with one attached hydrogen (secondary N) is 2. The van der Waals surface area contributed by atoms with E-state index in [1.54, 1.807) is 19.1 Å². The summed E-state index contributed by atoms with van der Waals surface area (Å²) in [6, 6.07) is 3.27. The standard InChI is InChI=1S/C16H22ClN3O4/c1-11-9-13(14(23-2)10-12(11)17)19-16(22)15(21)18-3-4-20-5-7-24-8-6-20/h9-10H,3-8H2,1-2H3,(H,18,21)(H,19,22). The maximum Gasteiger partial charge on any atom is 0.313 e. The lowest BCUT2D eigenvalue weighted by molar-refractivity contribution is -0.136. The molecule has 0 bridgehead atoms. The maximum absolute atomic E-state index is 12.0. The molecule has 1 aliphatic rings. The minimum absolute atomic E-state index is 0.403. The van der Waals surface area contributed by atoms with Crippen molar-refractivity contribution < 1.29 is 19.1 Å². The fraction of sp³-hybridized carbons (Fsp3) is 0.500. The van der Waals surface area contributed by atoms with E-state index in [9.17, 15) is 9.59 Å². The number of anilines is 1. The van der Waals surface area contributed by atoms with Gasteiger partial charge in [-0.2, -0.15) is 0 Å². The van der Waals surface area contributed by atoms with E-state index in [0.29, 0.717) is 42.8 Å². The Bertz CT molecular complexity index is 603. The molecule has 0 aromatic heterocycles. The number of benzene rings is 1. The molecule has 0 spiro atoms. The third kappa shape index (κ3) is 5.09. The van der Waals surface area contributed by atoms with Gasteiger partial charge in [0, 0.05) is 37.3 Å². The topological polar surface area (TPSA) is 79.9 Å². The summed E-state index contributed by atoms with van der Waals surface area (Å²) in [5.74, 6) is -1.02. The molecule has 0 aliphatic carbocycles. The van der Waals surface area contributed by atoms with Crippen molar-refractivity contribution in [2.75, 3.05) is 51.8 Å². The highest BCUT2D eigenvalue weighted by atomic mass is 35.5. The van der Waals surface area contributed by atoms with Crippen LogP contribution in [0.15, 0.2) is 12.1 Å². The highest BCUT2D eigenvalue weighted by molar-refractivity contribution is 6.40. The maximum atomic E-state index is 12.0. The summed E-state index contributed by atoms with van der Waals surface area (Å²) in [6.45, 7) is 5.97. The molecule has 0 radical (unpaired) electrons. The zero-order valence-electron chi connectivity index (χ0n) is 13.9. The van der Waals surface area contributed by atoms with Gasteiger partial charge in [0.15, 0.2) is 0 Å². The van der Waals surface area contributed by atoms with Crippen LogP contribution in [0.2, 0.25) is 5.02 Å². The average molecular weight is 356 g/mol. The average Bonchev–Trinajstić information content (AvgIpc) is 2.58. The van der Waals surface area contributed by atoms with Crippen molar-refractivity contribution in [3.8, 4) is 5.75 Å². The molecule has 2 amide bonds. The third-order valence-corrected chi connectivity index (χ3v) is 4.16. The van der Waals surface area contributed by atoms with Crippen LogP contribution in [0.3, 0.4) is 0 Å². The molecule has 0 atom stereocenters. The first kappa shape index (κ1) is 18.5. The predicted molar refractivity (Wildman–Crippen MR) is 91.6 cm³/mol. The molecule has 1 saturated heterocycles. The number of aryl methyl sites for hydroxylation is 1. The molecule has 2 rings (SSSR count). The Morgan fingerprint density at radius 1 is 1.29 bits per heavy atom. The predicted octanol–water partition coefficient (Wildman–Crippen LogP) is 1.04. The van der Waals surface area contributed by atoms with Gasteiger partial charge in [-0.05, 0) is 18.6 Å². The van der Waals surface area contributed by atoms with Crippen LogP contribution in [-0.4, -0.2) is 63.2 Å². The van der Waals surface area contributed by atoms with Gasteiger partial charge >= 0.3 is 11.8 Å². The Kier molecular flexibility index (Phi) is 6.84. The second-order valence-electron chi connectivity index (χ2n) is 5.47. The largest absolute Gasteiger partial charge is 0.495 e. The van der Waals surface area contributed by atoms with Crippen molar-refractivity contribution >= 4 is 29.1 Å². The summed E-state index contributed by atoms with van der Waals surface area (Å²) in [5.41, 5.74) is 1.19. The molecule has 1 aromatic rings. The van der Waals surface area contributed by atoms with Gasteiger partial charge < -0.3 is 20.1 Å².